The van der Waals surface area contributed by atoms with Crippen LogP contribution in [0.4, 0.5) is 0 Å². The van der Waals surface area contributed by atoms with Crippen molar-refractivity contribution in [2.24, 2.45) is 0 Å². The monoisotopic (exact) mass is 376 g/mol. The van der Waals surface area contributed by atoms with Crippen molar-refractivity contribution in [3.8, 4) is 5.82 Å². The van der Waals surface area contributed by atoms with Crippen LogP contribution in [0.1, 0.15) is 15.2 Å². The van der Waals surface area contributed by atoms with E-state index in [9.17, 15) is 4.79 Å². The number of hydrogen-bond acceptors (Lipinski definition) is 4. The molecule has 1 amide bonds. The molecule has 0 N–H and O–H groups in total. The van der Waals surface area contributed by atoms with Crippen molar-refractivity contribution in [2.75, 3.05) is 7.05 Å². The Morgan fingerprint density at radius 3 is 2.82 bits per heavy atom. The molecule has 5 nitrogen and oxygen atoms in total. The first-order chi connectivity index (χ1) is 10.6. The molecule has 0 bridgehead atoms. The van der Waals surface area contributed by atoms with E-state index in [0.29, 0.717) is 12.1 Å². The van der Waals surface area contributed by atoms with Gasteiger partial charge in [-0.05, 0) is 40.2 Å². The average molecular weight is 377 g/mol. The average Bonchev–Trinajstić information content (AvgIpc) is 3.18. The molecule has 3 heterocycles. The second kappa shape index (κ2) is 6.41. The van der Waals surface area contributed by atoms with Crippen LogP contribution in [0.5, 0.6) is 0 Å². The summed E-state index contributed by atoms with van der Waals surface area (Å²) in [6.07, 6.45) is 6.77. The van der Waals surface area contributed by atoms with Crippen LogP contribution in [-0.4, -0.2) is 32.4 Å². The molecule has 0 unspecified atom stereocenters. The Labute approximate surface area is 140 Å². The summed E-state index contributed by atoms with van der Waals surface area (Å²) in [5.74, 6) is 0.688. The lowest BCUT2D eigenvalue weighted by atomic mass is 10.2. The zero-order valence-electron chi connectivity index (χ0n) is 11.8. The maximum Gasteiger partial charge on any atom is 0.255 e. The number of imidazole rings is 1. The highest BCUT2D eigenvalue weighted by Crippen LogP contribution is 2.23. The molecule has 7 heteroatoms. The number of nitrogens with zero attached hydrogens (tertiary/aromatic N) is 4. The zero-order chi connectivity index (χ0) is 15.5. The van der Waals surface area contributed by atoms with Gasteiger partial charge < -0.3 is 4.90 Å². The molecule has 3 rings (SSSR count). The van der Waals surface area contributed by atoms with Crippen LogP contribution >= 0.6 is 27.3 Å². The molecule has 0 saturated carbocycles. The van der Waals surface area contributed by atoms with Crippen LogP contribution < -0.4 is 0 Å². The molecule has 22 heavy (non-hydrogen) atoms. The molecular formula is C15H13BrN4OS. The first-order valence-corrected chi connectivity index (χ1v) is 8.18. The van der Waals surface area contributed by atoms with Crippen molar-refractivity contribution in [3.63, 3.8) is 0 Å². The summed E-state index contributed by atoms with van der Waals surface area (Å²) < 4.78 is 2.86. The summed E-state index contributed by atoms with van der Waals surface area (Å²) in [4.78, 5) is 23.5. The van der Waals surface area contributed by atoms with Crippen LogP contribution in [0, 0.1) is 0 Å². The Balaban J connectivity index is 1.71. The largest absolute Gasteiger partial charge is 0.337 e. The number of amides is 1. The highest BCUT2D eigenvalue weighted by molar-refractivity contribution is 9.11. The molecule has 0 spiro atoms. The van der Waals surface area contributed by atoms with Crippen molar-refractivity contribution in [1.29, 1.82) is 0 Å². The van der Waals surface area contributed by atoms with E-state index in [1.165, 1.54) is 0 Å². The summed E-state index contributed by atoms with van der Waals surface area (Å²) in [6, 6.07) is 7.59. The van der Waals surface area contributed by atoms with Gasteiger partial charge in [0.15, 0.2) is 0 Å². The molecule has 3 aromatic rings. The standard InChI is InChI=1S/C15H13BrN4OS/c1-19(9-12-3-4-13(16)22-12)15(21)11-2-5-14(18-8-11)20-7-6-17-10-20/h2-8,10H,9H2,1H3. The van der Waals surface area contributed by atoms with Gasteiger partial charge in [0.05, 0.1) is 15.9 Å². The van der Waals surface area contributed by atoms with Crippen LogP contribution in [0.25, 0.3) is 5.82 Å². The molecule has 0 saturated heterocycles. The van der Waals surface area contributed by atoms with E-state index in [-0.39, 0.29) is 5.91 Å². The van der Waals surface area contributed by atoms with E-state index in [2.05, 4.69) is 25.9 Å². The lowest BCUT2D eigenvalue weighted by Gasteiger charge is -2.16. The number of hydrogen-bond donors (Lipinski definition) is 0. The zero-order valence-corrected chi connectivity index (χ0v) is 14.2. The quantitative estimate of drug-likeness (QED) is 0.701. The summed E-state index contributed by atoms with van der Waals surface area (Å²) in [5, 5.41) is 0. The summed E-state index contributed by atoms with van der Waals surface area (Å²) in [7, 11) is 1.79. The van der Waals surface area contributed by atoms with Gasteiger partial charge in [0.2, 0.25) is 0 Å². The van der Waals surface area contributed by atoms with E-state index in [1.54, 1.807) is 52.6 Å². The first-order valence-electron chi connectivity index (χ1n) is 6.57. The number of thiophene rings is 1. The van der Waals surface area contributed by atoms with Crippen molar-refractivity contribution >= 4 is 33.2 Å². The van der Waals surface area contributed by atoms with E-state index < -0.39 is 0 Å². The maximum atomic E-state index is 12.4. The predicted molar refractivity (Wildman–Crippen MR) is 89.2 cm³/mol. The van der Waals surface area contributed by atoms with Gasteiger partial charge in [0.25, 0.3) is 5.91 Å². The smallest absolute Gasteiger partial charge is 0.255 e. The number of carbonyl (C=O) groups is 1. The van der Waals surface area contributed by atoms with Crippen molar-refractivity contribution < 1.29 is 4.79 Å². The molecule has 112 valence electrons. The van der Waals surface area contributed by atoms with Crippen LogP contribution in [0.15, 0.2) is 53.0 Å². The Hall–Kier alpha value is -1.99. The predicted octanol–water partition coefficient (Wildman–Crippen LogP) is 3.36. The molecule has 0 aliphatic rings. The first kappa shape index (κ1) is 14.9. The van der Waals surface area contributed by atoms with Crippen LogP contribution in [0.2, 0.25) is 0 Å². The van der Waals surface area contributed by atoms with E-state index >= 15 is 0 Å². The topological polar surface area (TPSA) is 51.0 Å². The van der Waals surface area contributed by atoms with Gasteiger partial charge in [-0.25, -0.2) is 9.97 Å². The minimum Gasteiger partial charge on any atom is -0.337 e. The van der Waals surface area contributed by atoms with Crippen LogP contribution in [0.3, 0.4) is 0 Å². The third-order valence-corrected chi connectivity index (χ3v) is 4.74. The summed E-state index contributed by atoms with van der Waals surface area (Å²) in [5.41, 5.74) is 0.571. The highest BCUT2D eigenvalue weighted by Gasteiger charge is 2.13. The van der Waals surface area contributed by atoms with Crippen molar-refractivity contribution in [2.45, 2.75) is 6.54 Å². The molecular weight excluding hydrogens is 364 g/mol. The Kier molecular flexibility index (Phi) is 4.35. The Morgan fingerprint density at radius 2 is 2.23 bits per heavy atom. The van der Waals surface area contributed by atoms with Crippen molar-refractivity contribution in [1.82, 2.24) is 19.4 Å². The van der Waals surface area contributed by atoms with Gasteiger partial charge in [-0.2, -0.15) is 0 Å². The molecule has 0 aliphatic carbocycles. The van der Waals surface area contributed by atoms with Gasteiger partial charge in [-0.1, -0.05) is 0 Å². The lowest BCUT2D eigenvalue weighted by molar-refractivity contribution is 0.0786. The minimum atomic E-state index is -0.0470. The van der Waals surface area contributed by atoms with Gasteiger partial charge in [-0.15, -0.1) is 11.3 Å². The molecule has 3 aromatic heterocycles. The fourth-order valence-electron chi connectivity index (χ4n) is 2.02. The number of halogens is 1. The summed E-state index contributed by atoms with van der Waals surface area (Å²) in [6.45, 7) is 0.582. The lowest BCUT2D eigenvalue weighted by Crippen LogP contribution is -2.25. The van der Waals surface area contributed by atoms with Gasteiger partial charge in [0, 0.05) is 30.5 Å². The molecule has 0 aromatic carbocycles. The second-order valence-corrected chi connectivity index (χ2v) is 7.29. The fraction of sp³-hybridized carbons (Fsp3) is 0.133. The van der Waals surface area contributed by atoms with Gasteiger partial charge in [0.1, 0.15) is 12.1 Å². The minimum absolute atomic E-state index is 0.0470. The molecule has 0 aliphatic heterocycles. The van der Waals surface area contributed by atoms with Crippen molar-refractivity contribution in [3.05, 3.63) is 63.4 Å². The third kappa shape index (κ3) is 3.26. The Bertz CT molecular complexity index is 767. The van der Waals surface area contributed by atoms with E-state index in [1.807, 2.05) is 24.4 Å². The highest BCUT2D eigenvalue weighted by atomic mass is 79.9. The fourth-order valence-corrected chi connectivity index (χ4v) is 3.56. The normalized spacial score (nSPS) is 10.6. The third-order valence-electron chi connectivity index (χ3n) is 3.13. The van der Waals surface area contributed by atoms with Gasteiger partial charge >= 0.3 is 0 Å². The number of pyridine rings is 1. The van der Waals surface area contributed by atoms with Gasteiger partial charge in [-0.3, -0.25) is 9.36 Å². The maximum absolute atomic E-state index is 12.4. The molecule has 0 atom stereocenters. The van der Waals surface area contributed by atoms with E-state index in [4.69, 9.17) is 0 Å². The number of aromatic nitrogens is 3. The summed E-state index contributed by atoms with van der Waals surface area (Å²) >= 11 is 5.05. The number of rotatable bonds is 4. The molecule has 0 radical (unpaired) electrons. The SMILES string of the molecule is CN(Cc1ccc(Br)s1)C(=O)c1ccc(-n2ccnc2)nc1. The van der Waals surface area contributed by atoms with Crippen LogP contribution in [-0.2, 0) is 6.54 Å². The molecule has 0 fully saturated rings. The Morgan fingerprint density at radius 1 is 1.36 bits per heavy atom. The second-order valence-electron chi connectivity index (χ2n) is 4.74. The number of carbonyl (C=O) groups excluding carboxylic acids is 1. The van der Waals surface area contributed by atoms with E-state index in [0.717, 1.165) is 14.5 Å².